The second kappa shape index (κ2) is 7.79. The van der Waals surface area contributed by atoms with Crippen LogP contribution in [0.4, 0.5) is 5.69 Å². The van der Waals surface area contributed by atoms with Crippen molar-refractivity contribution in [2.24, 2.45) is 0 Å². The summed E-state index contributed by atoms with van der Waals surface area (Å²) in [5.41, 5.74) is 4.08. The van der Waals surface area contributed by atoms with Crippen LogP contribution in [0.1, 0.15) is 12.5 Å². The van der Waals surface area contributed by atoms with Crippen LogP contribution in [-0.4, -0.2) is 36.9 Å². The molecule has 1 aliphatic heterocycles. The van der Waals surface area contributed by atoms with E-state index in [0.717, 1.165) is 48.7 Å². The summed E-state index contributed by atoms with van der Waals surface area (Å²) in [7, 11) is 0. The van der Waals surface area contributed by atoms with Crippen molar-refractivity contribution in [1.82, 2.24) is 10.2 Å². The van der Waals surface area contributed by atoms with Crippen molar-refractivity contribution >= 4 is 17.2 Å². The fraction of sp³-hybridized carbons (Fsp3) is 0.250. The minimum absolute atomic E-state index is 0.596. The Bertz CT molecular complexity index is 701. The molecule has 2 aromatic rings. The lowest BCUT2D eigenvalue weighted by Crippen LogP contribution is -2.46. The predicted molar refractivity (Wildman–Crippen MR) is 101 cm³/mol. The zero-order chi connectivity index (χ0) is 16.8. The van der Waals surface area contributed by atoms with Crippen molar-refractivity contribution in [1.29, 1.82) is 5.41 Å². The highest BCUT2D eigenvalue weighted by atomic mass is 15.2. The molecule has 4 nitrogen and oxygen atoms in total. The molecule has 0 saturated carbocycles. The van der Waals surface area contributed by atoms with Crippen molar-refractivity contribution in [3.05, 3.63) is 71.8 Å². The van der Waals surface area contributed by atoms with Crippen molar-refractivity contribution in [2.45, 2.75) is 6.92 Å². The molecule has 0 aliphatic carbocycles. The van der Waals surface area contributed by atoms with Crippen LogP contribution >= 0.6 is 0 Å². The standard InChI is InChI=1S/C20H24N4/c1-16(20(21)24-14-12-22-13-15-24)19(17-8-4-2-5-9-17)23-18-10-6-3-7-11-18/h2-11,21-23H,12-15H2,1H3/b19-16-,21-20?. The Morgan fingerprint density at radius 1 is 0.958 bits per heavy atom. The Morgan fingerprint density at radius 3 is 2.17 bits per heavy atom. The van der Waals surface area contributed by atoms with E-state index >= 15 is 0 Å². The summed E-state index contributed by atoms with van der Waals surface area (Å²) in [5, 5.41) is 15.5. The number of benzene rings is 2. The van der Waals surface area contributed by atoms with Crippen molar-refractivity contribution in [2.75, 3.05) is 31.5 Å². The summed E-state index contributed by atoms with van der Waals surface area (Å²) in [6, 6.07) is 20.4. The van der Waals surface area contributed by atoms with Gasteiger partial charge in [-0.3, -0.25) is 5.41 Å². The van der Waals surface area contributed by atoms with Gasteiger partial charge in [0, 0.05) is 37.4 Å². The van der Waals surface area contributed by atoms with Gasteiger partial charge in [-0.15, -0.1) is 0 Å². The van der Waals surface area contributed by atoms with E-state index in [-0.39, 0.29) is 0 Å². The first-order valence-corrected chi connectivity index (χ1v) is 8.38. The third kappa shape index (κ3) is 3.84. The zero-order valence-corrected chi connectivity index (χ0v) is 14.0. The smallest absolute Gasteiger partial charge is 0.125 e. The Morgan fingerprint density at radius 2 is 1.54 bits per heavy atom. The number of nitrogens with zero attached hydrogens (tertiary/aromatic N) is 1. The van der Waals surface area contributed by atoms with Crippen LogP contribution in [0.15, 0.2) is 66.2 Å². The average molecular weight is 320 g/mol. The van der Waals surface area contributed by atoms with Gasteiger partial charge < -0.3 is 15.5 Å². The fourth-order valence-corrected chi connectivity index (χ4v) is 2.90. The zero-order valence-electron chi connectivity index (χ0n) is 14.0. The lowest BCUT2D eigenvalue weighted by molar-refractivity contribution is 0.356. The lowest BCUT2D eigenvalue weighted by atomic mass is 10.0. The molecule has 4 heteroatoms. The Kier molecular flexibility index (Phi) is 5.29. The molecule has 0 atom stereocenters. The van der Waals surface area contributed by atoms with Crippen LogP contribution in [-0.2, 0) is 0 Å². The maximum Gasteiger partial charge on any atom is 0.125 e. The molecule has 0 unspecified atom stereocenters. The Labute approximate surface area is 143 Å². The molecule has 1 aliphatic rings. The lowest BCUT2D eigenvalue weighted by Gasteiger charge is -2.31. The maximum atomic E-state index is 8.63. The van der Waals surface area contributed by atoms with Crippen molar-refractivity contribution in [3.8, 4) is 0 Å². The summed E-state index contributed by atoms with van der Waals surface area (Å²) in [6.07, 6.45) is 0. The van der Waals surface area contributed by atoms with Gasteiger partial charge in [-0.2, -0.15) is 0 Å². The molecule has 2 aromatic carbocycles. The van der Waals surface area contributed by atoms with Gasteiger partial charge in [0.05, 0.1) is 5.70 Å². The molecule has 1 heterocycles. The molecule has 3 N–H and O–H groups in total. The second-order valence-corrected chi connectivity index (χ2v) is 5.94. The van der Waals surface area contributed by atoms with Gasteiger partial charge in [0.1, 0.15) is 5.84 Å². The minimum Gasteiger partial charge on any atom is -0.355 e. The second-order valence-electron chi connectivity index (χ2n) is 5.94. The SMILES string of the molecule is C/C(C(=N)N1CCNCC1)=C(/Nc1ccccc1)c1ccccc1. The number of piperazine rings is 1. The molecular formula is C20H24N4. The molecule has 0 bridgehead atoms. The minimum atomic E-state index is 0.596. The fourth-order valence-electron chi connectivity index (χ4n) is 2.90. The van der Waals surface area contributed by atoms with Crippen LogP contribution in [0.3, 0.4) is 0 Å². The molecule has 3 rings (SSSR count). The molecule has 0 spiro atoms. The summed E-state index contributed by atoms with van der Waals surface area (Å²) in [5.74, 6) is 0.596. The van der Waals surface area contributed by atoms with Gasteiger partial charge >= 0.3 is 0 Å². The van der Waals surface area contributed by atoms with E-state index in [1.165, 1.54) is 0 Å². The molecule has 124 valence electrons. The van der Waals surface area contributed by atoms with Gasteiger partial charge in [-0.25, -0.2) is 0 Å². The highest BCUT2D eigenvalue weighted by Gasteiger charge is 2.18. The van der Waals surface area contributed by atoms with E-state index in [2.05, 4.69) is 27.7 Å². The molecule has 0 aromatic heterocycles. The monoisotopic (exact) mass is 320 g/mol. The number of amidine groups is 1. The van der Waals surface area contributed by atoms with E-state index in [1.807, 2.05) is 55.5 Å². The third-order valence-corrected chi connectivity index (χ3v) is 4.27. The van der Waals surface area contributed by atoms with E-state index in [4.69, 9.17) is 5.41 Å². The highest BCUT2D eigenvalue weighted by Crippen LogP contribution is 2.23. The van der Waals surface area contributed by atoms with Gasteiger partial charge in [0.15, 0.2) is 0 Å². The first kappa shape index (κ1) is 16.3. The first-order valence-electron chi connectivity index (χ1n) is 8.38. The van der Waals surface area contributed by atoms with Gasteiger partial charge in [-0.1, -0.05) is 48.5 Å². The van der Waals surface area contributed by atoms with Crippen LogP contribution in [0, 0.1) is 5.41 Å². The maximum absolute atomic E-state index is 8.63. The predicted octanol–water partition coefficient (Wildman–Crippen LogP) is 3.41. The Balaban J connectivity index is 1.94. The topological polar surface area (TPSA) is 51.2 Å². The number of hydrogen-bond donors (Lipinski definition) is 3. The average Bonchev–Trinajstić information content (AvgIpc) is 2.67. The summed E-state index contributed by atoms with van der Waals surface area (Å²) < 4.78 is 0. The molecule has 0 amide bonds. The highest BCUT2D eigenvalue weighted by molar-refractivity contribution is 6.04. The number of hydrogen-bond acceptors (Lipinski definition) is 3. The van der Waals surface area contributed by atoms with E-state index < -0.39 is 0 Å². The summed E-state index contributed by atoms with van der Waals surface area (Å²) in [4.78, 5) is 2.14. The molecule has 24 heavy (non-hydrogen) atoms. The normalized spacial score (nSPS) is 15.6. The number of rotatable bonds is 4. The number of nitrogens with one attached hydrogen (secondary N) is 3. The summed E-state index contributed by atoms with van der Waals surface area (Å²) in [6.45, 7) is 5.65. The van der Waals surface area contributed by atoms with Gasteiger partial charge in [0.25, 0.3) is 0 Å². The molecular weight excluding hydrogens is 296 g/mol. The molecule has 0 radical (unpaired) electrons. The van der Waals surface area contributed by atoms with E-state index in [1.54, 1.807) is 0 Å². The van der Waals surface area contributed by atoms with Gasteiger partial charge in [0.2, 0.25) is 0 Å². The third-order valence-electron chi connectivity index (χ3n) is 4.27. The van der Waals surface area contributed by atoms with Crippen LogP contribution < -0.4 is 10.6 Å². The molecule has 1 saturated heterocycles. The largest absolute Gasteiger partial charge is 0.355 e. The van der Waals surface area contributed by atoms with E-state index in [0.29, 0.717) is 5.84 Å². The van der Waals surface area contributed by atoms with Gasteiger partial charge in [-0.05, 0) is 24.6 Å². The van der Waals surface area contributed by atoms with Crippen molar-refractivity contribution in [3.63, 3.8) is 0 Å². The first-order chi connectivity index (χ1) is 11.8. The van der Waals surface area contributed by atoms with Crippen molar-refractivity contribution < 1.29 is 0 Å². The molecule has 1 fully saturated rings. The number of anilines is 1. The van der Waals surface area contributed by atoms with Crippen LogP contribution in [0.5, 0.6) is 0 Å². The quantitative estimate of drug-likeness (QED) is 0.598. The van der Waals surface area contributed by atoms with Crippen LogP contribution in [0.2, 0.25) is 0 Å². The van der Waals surface area contributed by atoms with E-state index in [9.17, 15) is 0 Å². The number of para-hydroxylation sites is 1. The van der Waals surface area contributed by atoms with Crippen LogP contribution in [0.25, 0.3) is 5.70 Å². The Hall–Kier alpha value is -2.59. The summed E-state index contributed by atoms with van der Waals surface area (Å²) >= 11 is 0.